The Morgan fingerprint density at radius 1 is 1.55 bits per heavy atom. The van der Waals surface area contributed by atoms with E-state index in [4.69, 9.17) is 17.3 Å². The maximum atomic E-state index is 12.4. The van der Waals surface area contributed by atoms with Crippen molar-refractivity contribution in [3.8, 4) is 0 Å². The highest BCUT2D eigenvalue weighted by molar-refractivity contribution is 6.34. The molecule has 8 heteroatoms. The van der Waals surface area contributed by atoms with Gasteiger partial charge in [0, 0.05) is 19.2 Å². The fourth-order valence-electron chi connectivity index (χ4n) is 2.24. The highest BCUT2D eigenvalue weighted by Gasteiger charge is 2.31. The van der Waals surface area contributed by atoms with E-state index >= 15 is 0 Å². The molecule has 1 atom stereocenters. The van der Waals surface area contributed by atoms with Gasteiger partial charge in [-0.05, 0) is 24.9 Å². The summed E-state index contributed by atoms with van der Waals surface area (Å²) in [6, 6.07) is 4.23. The number of benzene rings is 1. The van der Waals surface area contributed by atoms with Gasteiger partial charge >= 0.3 is 0 Å². The van der Waals surface area contributed by atoms with Crippen molar-refractivity contribution in [3.63, 3.8) is 0 Å². The van der Waals surface area contributed by atoms with Gasteiger partial charge in [-0.3, -0.25) is 14.9 Å². The van der Waals surface area contributed by atoms with Crippen LogP contribution in [0.5, 0.6) is 0 Å². The number of nitrogens with two attached hydrogens (primary N) is 1. The molecular weight excluding hydrogens is 305 g/mol. The molecule has 1 amide bonds. The van der Waals surface area contributed by atoms with Crippen LogP contribution in [0.15, 0.2) is 18.2 Å². The quantitative estimate of drug-likeness (QED) is 0.682. The van der Waals surface area contributed by atoms with Crippen LogP contribution in [0, 0.1) is 16.0 Å². The van der Waals surface area contributed by atoms with Crippen LogP contribution in [0.25, 0.3) is 0 Å². The van der Waals surface area contributed by atoms with E-state index in [9.17, 15) is 14.9 Å². The Balaban J connectivity index is 0.00000200. The normalized spacial score (nSPS) is 17.7. The molecule has 0 spiro atoms. The molecule has 0 bridgehead atoms. The molecule has 1 heterocycles. The first-order chi connectivity index (χ1) is 9.04. The summed E-state index contributed by atoms with van der Waals surface area (Å²) in [6.45, 7) is 1.59. The zero-order valence-corrected chi connectivity index (χ0v) is 12.2. The third-order valence-electron chi connectivity index (χ3n) is 3.31. The summed E-state index contributed by atoms with van der Waals surface area (Å²) in [4.78, 5) is 24.3. The van der Waals surface area contributed by atoms with Crippen LogP contribution in [0.4, 0.5) is 5.69 Å². The molecule has 1 fully saturated rings. The van der Waals surface area contributed by atoms with Crippen molar-refractivity contribution in [3.05, 3.63) is 38.9 Å². The third kappa shape index (κ3) is 3.20. The maximum absolute atomic E-state index is 12.4. The Morgan fingerprint density at radius 3 is 2.80 bits per heavy atom. The van der Waals surface area contributed by atoms with Gasteiger partial charge in [0.05, 0.1) is 9.95 Å². The molecule has 0 aliphatic carbocycles. The van der Waals surface area contributed by atoms with E-state index in [1.165, 1.54) is 18.2 Å². The van der Waals surface area contributed by atoms with Crippen LogP contribution in [-0.4, -0.2) is 35.4 Å². The van der Waals surface area contributed by atoms with Gasteiger partial charge in [0.1, 0.15) is 5.56 Å². The highest BCUT2D eigenvalue weighted by Crippen LogP contribution is 2.29. The zero-order valence-electron chi connectivity index (χ0n) is 10.6. The molecule has 0 aromatic heterocycles. The van der Waals surface area contributed by atoms with Crippen LogP contribution in [0.3, 0.4) is 0 Å². The van der Waals surface area contributed by atoms with Crippen LogP contribution in [0.1, 0.15) is 16.8 Å². The Kier molecular flexibility index (Phi) is 5.74. The molecule has 1 unspecified atom stereocenters. The molecule has 0 saturated carbocycles. The molecule has 110 valence electrons. The lowest BCUT2D eigenvalue weighted by Gasteiger charge is -2.17. The predicted molar refractivity (Wildman–Crippen MR) is 78.4 cm³/mol. The first-order valence-corrected chi connectivity index (χ1v) is 6.34. The van der Waals surface area contributed by atoms with Crippen molar-refractivity contribution < 1.29 is 9.72 Å². The summed E-state index contributed by atoms with van der Waals surface area (Å²) in [7, 11) is 0. The minimum absolute atomic E-state index is 0. The number of amides is 1. The molecule has 1 saturated heterocycles. The molecule has 1 aliphatic heterocycles. The standard InChI is InChI=1S/C12H14ClN3O3.ClH/c13-9-2-1-3-10(16(18)19)11(9)12(17)15-5-4-8(6-14)7-15;/h1-3,8H,4-7,14H2;1H. The van der Waals surface area contributed by atoms with Gasteiger partial charge in [-0.2, -0.15) is 0 Å². The molecular formula is C12H15Cl2N3O3. The zero-order chi connectivity index (χ0) is 14.0. The topological polar surface area (TPSA) is 89.5 Å². The third-order valence-corrected chi connectivity index (χ3v) is 3.62. The lowest BCUT2D eigenvalue weighted by Crippen LogP contribution is -2.30. The first-order valence-electron chi connectivity index (χ1n) is 5.96. The maximum Gasteiger partial charge on any atom is 0.283 e. The van der Waals surface area contributed by atoms with E-state index in [-0.39, 0.29) is 34.6 Å². The Labute approximate surface area is 127 Å². The van der Waals surface area contributed by atoms with Gasteiger partial charge in [0.2, 0.25) is 0 Å². The average Bonchev–Trinajstić information content (AvgIpc) is 2.86. The Hall–Kier alpha value is -1.37. The number of nitro benzene ring substituents is 1. The molecule has 2 N–H and O–H groups in total. The average molecular weight is 320 g/mol. The number of carbonyl (C=O) groups excluding carboxylic acids is 1. The van der Waals surface area contributed by atoms with Gasteiger partial charge < -0.3 is 10.6 Å². The van der Waals surface area contributed by atoms with E-state index in [2.05, 4.69) is 0 Å². The second-order valence-corrected chi connectivity index (χ2v) is 4.94. The van der Waals surface area contributed by atoms with Gasteiger partial charge in [-0.1, -0.05) is 17.7 Å². The Morgan fingerprint density at radius 2 is 2.25 bits per heavy atom. The predicted octanol–water partition coefficient (Wildman–Crippen LogP) is 2.09. The second kappa shape index (κ2) is 6.88. The molecule has 0 radical (unpaired) electrons. The van der Waals surface area contributed by atoms with Gasteiger partial charge in [0.25, 0.3) is 11.6 Å². The molecule has 20 heavy (non-hydrogen) atoms. The second-order valence-electron chi connectivity index (χ2n) is 4.53. The Bertz CT molecular complexity index is 525. The summed E-state index contributed by atoms with van der Waals surface area (Å²) in [6.07, 6.45) is 0.820. The number of nitrogens with zero attached hydrogens (tertiary/aromatic N) is 2. The minimum Gasteiger partial charge on any atom is -0.338 e. The number of likely N-dealkylation sites (tertiary alicyclic amines) is 1. The molecule has 2 rings (SSSR count). The van der Waals surface area contributed by atoms with E-state index in [0.29, 0.717) is 19.6 Å². The summed E-state index contributed by atoms with van der Waals surface area (Å²) >= 11 is 5.94. The molecule has 1 aromatic rings. The van der Waals surface area contributed by atoms with Crippen molar-refractivity contribution in [2.45, 2.75) is 6.42 Å². The van der Waals surface area contributed by atoms with Crippen molar-refractivity contribution in [2.24, 2.45) is 11.7 Å². The fourth-order valence-corrected chi connectivity index (χ4v) is 2.49. The number of nitro groups is 1. The fraction of sp³-hybridized carbons (Fsp3) is 0.417. The van der Waals surface area contributed by atoms with E-state index in [1.54, 1.807) is 4.90 Å². The summed E-state index contributed by atoms with van der Waals surface area (Å²) in [5.41, 5.74) is 5.28. The minimum atomic E-state index is -0.588. The number of hydrogen-bond donors (Lipinski definition) is 1. The van der Waals surface area contributed by atoms with E-state index in [0.717, 1.165) is 6.42 Å². The lowest BCUT2D eigenvalue weighted by atomic mass is 10.1. The number of halogens is 2. The summed E-state index contributed by atoms with van der Waals surface area (Å²) in [5.74, 6) is -0.140. The number of carbonyl (C=O) groups is 1. The smallest absolute Gasteiger partial charge is 0.283 e. The van der Waals surface area contributed by atoms with Crippen molar-refractivity contribution in [2.75, 3.05) is 19.6 Å². The van der Waals surface area contributed by atoms with Gasteiger partial charge in [-0.25, -0.2) is 0 Å². The first kappa shape index (κ1) is 16.7. The van der Waals surface area contributed by atoms with Crippen molar-refractivity contribution in [1.29, 1.82) is 0 Å². The van der Waals surface area contributed by atoms with Gasteiger partial charge in [-0.15, -0.1) is 12.4 Å². The highest BCUT2D eigenvalue weighted by atomic mass is 35.5. The molecule has 1 aromatic carbocycles. The monoisotopic (exact) mass is 319 g/mol. The number of hydrogen-bond acceptors (Lipinski definition) is 4. The van der Waals surface area contributed by atoms with Crippen LogP contribution in [0.2, 0.25) is 5.02 Å². The van der Waals surface area contributed by atoms with E-state index < -0.39 is 10.8 Å². The largest absolute Gasteiger partial charge is 0.338 e. The SMILES string of the molecule is Cl.NCC1CCN(C(=O)c2c(Cl)cccc2[N+](=O)[O-])C1. The van der Waals surface area contributed by atoms with Crippen LogP contribution >= 0.6 is 24.0 Å². The van der Waals surface area contributed by atoms with Crippen molar-refractivity contribution >= 4 is 35.6 Å². The van der Waals surface area contributed by atoms with Crippen LogP contribution < -0.4 is 5.73 Å². The van der Waals surface area contributed by atoms with Gasteiger partial charge in [0.15, 0.2) is 0 Å². The lowest BCUT2D eigenvalue weighted by molar-refractivity contribution is -0.385. The molecule has 1 aliphatic rings. The van der Waals surface area contributed by atoms with E-state index in [1.807, 2.05) is 0 Å². The summed E-state index contributed by atoms with van der Waals surface area (Å²) < 4.78 is 0. The molecule has 6 nitrogen and oxygen atoms in total. The summed E-state index contributed by atoms with van der Waals surface area (Å²) in [5, 5.41) is 11.1. The number of rotatable bonds is 3. The van der Waals surface area contributed by atoms with Crippen molar-refractivity contribution in [1.82, 2.24) is 4.90 Å². The van der Waals surface area contributed by atoms with Crippen LogP contribution in [-0.2, 0) is 0 Å².